The molecular formula is C33H32N4O6. The van der Waals surface area contributed by atoms with E-state index in [1.54, 1.807) is 17.0 Å². The number of H-pyrrole nitrogens is 1. The van der Waals surface area contributed by atoms with Crippen molar-refractivity contribution < 1.29 is 29.4 Å². The molecule has 43 heavy (non-hydrogen) atoms. The Kier molecular flexibility index (Phi) is 7.01. The molecule has 0 unspecified atom stereocenters. The molecule has 10 heteroatoms. The Balaban J connectivity index is 1.44. The second-order valence-corrected chi connectivity index (χ2v) is 11.4. The van der Waals surface area contributed by atoms with Crippen molar-refractivity contribution in [1.82, 2.24) is 15.2 Å². The third-order valence-corrected chi connectivity index (χ3v) is 8.39. The fourth-order valence-electron chi connectivity index (χ4n) is 6.17. The number of nitrogens with zero attached hydrogens (tertiary/aromatic N) is 2. The Morgan fingerprint density at radius 3 is 2.30 bits per heavy atom. The van der Waals surface area contributed by atoms with Crippen molar-refractivity contribution >= 4 is 40.4 Å². The number of hydrogen-bond acceptors (Lipinski definition) is 5. The molecule has 0 bridgehead atoms. The molecule has 3 heterocycles. The predicted molar refractivity (Wildman–Crippen MR) is 160 cm³/mol. The highest BCUT2D eigenvalue weighted by molar-refractivity contribution is 6.24. The molecule has 1 saturated heterocycles. The van der Waals surface area contributed by atoms with E-state index < -0.39 is 48.0 Å². The van der Waals surface area contributed by atoms with E-state index in [1.807, 2.05) is 48.5 Å². The maximum absolute atomic E-state index is 14.3. The monoisotopic (exact) mass is 580 g/mol. The molecule has 0 aliphatic carbocycles. The van der Waals surface area contributed by atoms with Crippen LogP contribution in [0.3, 0.4) is 0 Å². The van der Waals surface area contributed by atoms with Gasteiger partial charge in [-0.3, -0.25) is 14.5 Å². The summed E-state index contributed by atoms with van der Waals surface area (Å²) in [6, 6.07) is 18.4. The van der Waals surface area contributed by atoms with E-state index in [4.69, 9.17) is 0 Å². The first-order valence-corrected chi connectivity index (χ1v) is 14.2. The lowest BCUT2D eigenvalue weighted by molar-refractivity contribution is -0.141. The third-order valence-electron chi connectivity index (χ3n) is 8.39. The molecule has 0 spiro atoms. The van der Waals surface area contributed by atoms with Crippen molar-refractivity contribution in [2.24, 2.45) is 0 Å². The SMILES string of the molecule is CC(C)c1ccc([C@@H]2c3[nH]c4ccccc4c3C[C@H]3C(=O)N(c4ccccc4C(=O)N[C@@H](C(=O)O)[C@H](C)O)C(=O)N23)cc1. The molecule has 1 fully saturated rings. The van der Waals surface area contributed by atoms with Gasteiger partial charge in [0, 0.05) is 23.0 Å². The molecule has 4 amide bonds. The average molecular weight is 581 g/mol. The molecule has 2 aliphatic rings. The minimum absolute atomic E-state index is 0.0431. The minimum Gasteiger partial charge on any atom is -0.480 e. The van der Waals surface area contributed by atoms with Crippen LogP contribution in [0.1, 0.15) is 65.5 Å². The van der Waals surface area contributed by atoms with Crippen LogP contribution in [-0.2, 0) is 16.0 Å². The fourth-order valence-corrected chi connectivity index (χ4v) is 6.17. The van der Waals surface area contributed by atoms with Gasteiger partial charge in [-0.2, -0.15) is 0 Å². The lowest BCUT2D eigenvalue weighted by Crippen LogP contribution is -2.48. The van der Waals surface area contributed by atoms with Crippen molar-refractivity contribution in [3.05, 3.63) is 101 Å². The van der Waals surface area contributed by atoms with Crippen LogP contribution in [0.25, 0.3) is 10.9 Å². The van der Waals surface area contributed by atoms with Gasteiger partial charge in [0.1, 0.15) is 12.1 Å². The summed E-state index contributed by atoms with van der Waals surface area (Å²) in [4.78, 5) is 59.4. The van der Waals surface area contributed by atoms with Crippen LogP contribution in [0, 0.1) is 0 Å². The Hall–Kier alpha value is -4.96. The molecule has 4 atom stereocenters. The number of carboxylic acid groups (broad SMARTS) is 1. The normalized spacial score (nSPS) is 19.4. The smallest absolute Gasteiger partial charge is 0.332 e. The van der Waals surface area contributed by atoms with Gasteiger partial charge in [0.25, 0.3) is 11.8 Å². The highest BCUT2D eigenvalue weighted by Crippen LogP contribution is 2.45. The molecular weight excluding hydrogens is 548 g/mol. The van der Waals surface area contributed by atoms with Crippen LogP contribution in [0.15, 0.2) is 72.8 Å². The average Bonchev–Trinajstić information content (AvgIpc) is 3.48. The Morgan fingerprint density at radius 1 is 0.953 bits per heavy atom. The van der Waals surface area contributed by atoms with Crippen LogP contribution >= 0.6 is 0 Å². The standard InChI is InChI=1S/C33H32N4O6/c1-17(2)19-12-14-20(15-13-19)29-28-23(21-8-4-6-10-24(21)34-28)16-26-31(40)37(33(43)36(26)29)25-11-7-5-9-22(25)30(39)35-27(18(3)38)32(41)42/h4-15,17-18,26-27,29,34,38H,16H2,1-3H3,(H,35,39)(H,41,42)/t18-,26-,27+,29+/m0/s1. The van der Waals surface area contributed by atoms with E-state index in [2.05, 4.69) is 24.1 Å². The van der Waals surface area contributed by atoms with Crippen LogP contribution in [-0.4, -0.2) is 62.1 Å². The topological polar surface area (TPSA) is 143 Å². The van der Waals surface area contributed by atoms with Crippen molar-refractivity contribution in [3.8, 4) is 0 Å². The summed E-state index contributed by atoms with van der Waals surface area (Å²) >= 11 is 0. The molecule has 0 radical (unpaired) electrons. The highest BCUT2D eigenvalue weighted by Gasteiger charge is 2.53. The number of benzene rings is 3. The molecule has 4 N–H and O–H groups in total. The van der Waals surface area contributed by atoms with Gasteiger partial charge in [0.05, 0.1) is 17.4 Å². The van der Waals surface area contributed by atoms with E-state index in [0.29, 0.717) is 12.3 Å². The quantitative estimate of drug-likeness (QED) is 0.240. The van der Waals surface area contributed by atoms with Crippen LogP contribution in [0.5, 0.6) is 0 Å². The number of aliphatic carboxylic acids is 1. The summed E-state index contributed by atoms with van der Waals surface area (Å²) in [6.07, 6.45) is -1.08. The van der Waals surface area contributed by atoms with Crippen molar-refractivity contribution in [2.75, 3.05) is 4.90 Å². The first-order chi connectivity index (χ1) is 20.6. The summed E-state index contributed by atoms with van der Waals surface area (Å²) in [5.74, 6) is -2.40. The number of urea groups is 1. The van der Waals surface area contributed by atoms with Gasteiger partial charge >= 0.3 is 12.0 Å². The molecule has 220 valence electrons. The number of carbonyl (C=O) groups excluding carboxylic acids is 3. The van der Waals surface area contributed by atoms with E-state index in [-0.39, 0.29) is 11.3 Å². The van der Waals surface area contributed by atoms with Crippen molar-refractivity contribution in [3.63, 3.8) is 0 Å². The van der Waals surface area contributed by atoms with Gasteiger partial charge in [0.2, 0.25) is 0 Å². The zero-order valence-electron chi connectivity index (χ0n) is 23.9. The van der Waals surface area contributed by atoms with E-state index in [9.17, 15) is 29.4 Å². The van der Waals surface area contributed by atoms with Gasteiger partial charge in [-0.25, -0.2) is 14.5 Å². The minimum atomic E-state index is -1.58. The second-order valence-electron chi connectivity index (χ2n) is 11.4. The summed E-state index contributed by atoms with van der Waals surface area (Å²) in [5.41, 5.74) is 4.70. The van der Waals surface area contributed by atoms with Gasteiger partial charge < -0.3 is 20.5 Å². The number of anilines is 1. The molecule has 0 saturated carbocycles. The number of rotatable bonds is 7. The van der Waals surface area contributed by atoms with Crippen molar-refractivity contribution in [2.45, 2.75) is 57.3 Å². The Labute approximate surface area is 247 Å². The summed E-state index contributed by atoms with van der Waals surface area (Å²) in [7, 11) is 0. The van der Waals surface area contributed by atoms with E-state index in [0.717, 1.165) is 38.2 Å². The Bertz CT molecular complexity index is 1760. The number of aliphatic hydroxyl groups is 1. The van der Waals surface area contributed by atoms with Gasteiger partial charge in [-0.15, -0.1) is 0 Å². The Morgan fingerprint density at radius 2 is 1.63 bits per heavy atom. The number of aromatic nitrogens is 1. The van der Waals surface area contributed by atoms with Gasteiger partial charge in [0.15, 0.2) is 6.04 Å². The van der Waals surface area contributed by atoms with Crippen LogP contribution in [0.4, 0.5) is 10.5 Å². The number of carbonyl (C=O) groups is 4. The molecule has 10 nitrogen and oxygen atoms in total. The lowest BCUT2D eigenvalue weighted by atomic mass is 9.88. The number of nitrogens with one attached hydrogen (secondary N) is 2. The van der Waals surface area contributed by atoms with Crippen LogP contribution in [0.2, 0.25) is 0 Å². The zero-order chi connectivity index (χ0) is 30.6. The number of imide groups is 1. The van der Waals surface area contributed by atoms with E-state index in [1.165, 1.54) is 19.1 Å². The number of hydrogen-bond donors (Lipinski definition) is 4. The molecule has 6 rings (SSSR count). The second kappa shape index (κ2) is 10.7. The largest absolute Gasteiger partial charge is 0.480 e. The lowest BCUT2D eigenvalue weighted by Gasteiger charge is -2.36. The number of carboxylic acids is 1. The number of para-hydroxylation sites is 2. The maximum Gasteiger partial charge on any atom is 0.332 e. The summed E-state index contributed by atoms with van der Waals surface area (Å²) in [5, 5.41) is 22.6. The van der Waals surface area contributed by atoms with Crippen LogP contribution < -0.4 is 10.2 Å². The third kappa shape index (κ3) is 4.64. The van der Waals surface area contributed by atoms with Crippen molar-refractivity contribution in [1.29, 1.82) is 0 Å². The fraction of sp³-hybridized carbons (Fsp3) is 0.273. The predicted octanol–water partition coefficient (Wildman–Crippen LogP) is 4.34. The summed E-state index contributed by atoms with van der Waals surface area (Å²) < 4.78 is 0. The highest BCUT2D eigenvalue weighted by atomic mass is 16.4. The summed E-state index contributed by atoms with van der Waals surface area (Å²) in [6.45, 7) is 5.47. The molecule has 1 aromatic heterocycles. The number of fused-ring (bicyclic) bond motifs is 4. The molecule has 4 aromatic rings. The van der Waals surface area contributed by atoms with E-state index >= 15 is 0 Å². The van der Waals surface area contributed by atoms with Gasteiger partial charge in [-0.1, -0.05) is 68.4 Å². The van der Waals surface area contributed by atoms with Gasteiger partial charge in [-0.05, 0) is 47.7 Å². The molecule has 3 aromatic carbocycles. The number of aromatic amines is 1. The molecule has 2 aliphatic heterocycles. The number of amides is 4. The number of aliphatic hydroxyl groups excluding tert-OH is 1. The zero-order valence-corrected chi connectivity index (χ0v) is 23.9. The first-order valence-electron chi connectivity index (χ1n) is 14.2. The maximum atomic E-state index is 14.3. The first kappa shape index (κ1) is 28.2.